The van der Waals surface area contributed by atoms with Gasteiger partial charge in [0.2, 0.25) is 11.3 Å². The van der Waals surface area contributed by atoms with Crippen LogP contribution in [-0.4, -0.2) is 50.8 Å². The second kappa shape index (κ2) is 8.36. The molecule has 10 nitrogen and oxygen atoms in total. The Labute approximate surface area is 191 Å². The van der Waals surface area contributed by atoms with E-state index in [-0.39, 0.29) is 0 Å². The maximum absolute atomic E-state index is 4.78. The number of aromatic nitrogens is 10. The first-order chi connectivity index (χ1) is 16.3. The fourth-order valence-electron chi connectivity index (χ4n) is 3.48. The molecule has 11 heteroatoms. The van der Waals surface area contributed by atoms with Crippen molar-refractivity contribution in [1.29, 1.82) is 0 Å². The Morgan fingerprint density at radius 1 is 0.545 bits per heavy atom. The molecule has 0 saturated carbocycles. The largest absolute Gasteiger partial charge is 0.223 e. The molecule has 0 atom stereocenters. The molecule has 0 aliphatic carbocycles. The lowest BCUT2D eigenvalue weighted by Gasteiger charge is -2.06. The van der Waals surface area contributed by atoms with Gasteiger partial charge in [-0.1, -0.05) is 60.7 Å². The third-order valence-corrected chi connectivity index (χ3v) is 5.95. The first-order valence-electron chi connectivity index (χ1n) is 10.2. The maximum atomic E-state index is 4.78. The fourth-order valence-corrected chi connectivity index (χ4v) is 4.43. The Balaban J connectivity index is 1.40. The molecule has 0 fully saturated rings. The average Bonchev–Trinajstić information content (AvgIpc) is 3.50. The number of aromatic amines is 2. The minimum absolute atomic E-state index is 0.508. The van der Waals surface area contributed by atoms with Crippen molar-refractivity contribution in [2.45, 2.75) is 22.9 Å². The summed E-state index contributed by atoms with van der Waals surface area (Å²) in [4.78, 5) is 18.7. The topological polar surface area (TPSA) is 135 Å². The van der Waals surface area contributed by atoms with E-state index >= 15 is 0 Å². The Hall–Kier alpha value is -4.25. The van der Waals surface area contributed by atoms with Gasteiger partial charge in [0.05, 0.1) is 0 Å². The summed E-state index contributed by atoms with van der Waals surface area (Å²) in [6.45, 7) is 0. The summed E-state index contributed by atoms with van der Waals surface area (Å²) in [7, 11) is 0. The molecule has 2 aromatic carbocycles. The summed E-state index contributed by atoms with van der Waals surface area (Å²) >= 11 is 1.36. The SMILES string of the molecule is c1ccc(Cc2nc(Sc3nc(Cc4ccccc4)nc4n[nH]nc34)c3n[nH]nc3n2)cc1. The molecule has 0 spiro atoms. The van der Waals surface area contributed by atoms with Crippen LogP contribution in [0.15, 0.2) is 70.7 Å². The number of hydrogen-bond acceptors (Lipinski definition) is 9. The van der Waals surface area contributed by atoms with Gasteiger partial charge in [-0.2, -0.15) is 20.6 Å². The quantitative estimate of drug-likeness (QED) is 0.365. The molecule has 160 valence electrons. The van der Waals surface area contributed by atoms with Gasteiger partial charge in [0.15, 0.2) is 11.0 Å². The van der Waals surface area contributed by atoms with Crippen LogP contribution in [0.4, 0.5) is 0 Å². The van der Waals surface area contributed by atoms with E-state index in [4.69, 9.17) is 9.97 Å². The molecule has 33 heavy (non-hydrogen) atoms. The van der Waals surface area contributed by atoms with E-state index in [1.54, 1.807) is 0 Å². The zero-order valence-electron chi connectivity index (χ0n) is 17.2. The summed E-state index contributed by atoms with van der Waals surface area (Å²) in [6.07, 6.45) is 1.17. The number of fused-ring (bicyclic) bond motifs is 2. The molecule has 0 saturated heterocycles. The smallest absolute Gasteiger partial charge is 0.206 e. The molecule has 2 N–H and O–H groups in total. The number of nitrogens with one attached hydrogen (secondary N) is 2. The molecule has 4 heterocycles. The predicted molar refractivity (Wildman–Crippen MR) is 122 cm³/mol. The molecule has 4 aromatic heterocycles. The van der Waals surface area contributed by atoms with Gasteiger partial charge in [-0.05, 0) is 22.9 Å². The van der Waals surface area contributed by atoms with E-state index in [1.807, 2.05) is 60.7 Å². The van der Waals surface area contributed by atoms with Crippen molar-refractivity contribution < 1.29 is 0 Å². The predicted octanol–water partition coefficient (Wildman–Crippen LogP) is 3.14. The van der Waals surface area contributed by atoms with Gasteiger partial charge in [0.25, 0.3) is 0 Å². The molecule has 0 aliphatic rings. The molecule has 6 aromatic rings. The highest BCUT2D eigenvalue weighted by atomic mass is 32.2. The lowest BCUT2D eigenvalue weighted by atomic mass is 10.1. The second-order valence-electron chi connectivity index (χ2n) is 7.31. The summed E-state index contributed by atoms with van der Waals surface area (Å²) < 4.78 is 0. The summed E-state index contributed by atoms with van der Waals surface area (Å²) in [5.74, 6) is 1.31. The van der Waals surface area contributed by atoms with Crippen LogP contribution in [0, 0.1) is 0 Å². The van der Waals surface area contributed by atoms with Crippen molar-refractivity contribution in [1.82, 2.24) is 50.8 Å². The van der Waals surface area contributed by atoms with Crippen LogP contribution in [0.2, 0.25) is 0 Å². The molecule has 6 rings (SSSR count). The molecule has 0 radical (unpaired) electrons. The highest BCUT2D eigenvalue weighted by Gasteiger charge is 2.18. The van der Waals surface area contributed by atoms with E-state index in [0.29, 0.717) is 56.9 Å². The van der Waals surface area contributed by atoms with E-state index in [2.05, 4.69) is 40.8 Å². The lowest BCUT2D eigenvalue weighted by molar-refractivity contribution is 0.919. The number of H-pyrrole nitrogens is 2. The standard InChI is InChI=1S/C22H16N10S/c1-3-7-13(8-4-1)11-15-23-19-17(27-31-29-19)21(25-15)33-22-18-20(30-32-28-18)24-16(26-22)12-14-9-5-2-6-10-14/h1-10H,11-12H2,(H,23,25,27,29,31)(H,24,26,28,30,32). The van der Waals surface area contributed by atoms with Crippen LogP contribution < -0.4 is 0 Å². The third-order valence-electron chi connectivity index (χ3n) is 5.00. The monoisotopic (exact) mass is 452 g/mol. The molecule has 0 amide bonds. The maximum Gasteiger partial charge on any atom is 0.206 e. The number of nitrogens with zero attached hydrogens (tertiary/aromatic N) is 8. The first-order valence-corrected chi connectivity index (χ1v) is 11.0. The summed E-state index contributed by atoms with van der Waals surface area (Å²) in [5, 5.41) is 23.5. The number of hydrogen-bond donors (Lipinski definition) is 2. The first kappa shape index (κ1) is 19.4. The van der Waals surface area contributed by atoms with Gasteiger partial charge in [-0.15, -0.1) is 10.2 Å². The van der Waals surface area contributed by atoms with Gasteiger partial charge in [0.1, 0.15) is 21.7 Å². The van der Waals surface area contributed by atoms with Crippen molar-refractivity contribution in [3.8, 4) is 0 Å². The lowest BCUT2D eigenvalue weighted by Crippen LogP contribution is -2.01. The van der Waals surface area contributed by atoms with Gasteiger partial charge in [-0.3, -0.25) is 0 Å². The highest BCUT2D eigenvalue weighted by Crippen LogP contribution is 2.32. The van der Waals surface area contributed by atoms with E-state index in [9.17, 15) is 0 Å². The van der Waals surface area contributed by atoms with Crippen LogP contribution in [0.1, 0.15) is 22.8 Å². The van der Waals surface area contributed by atoms with Gasteiger partial charge < -0.3 is 0 Å². The van der Waals surface area contributed by atoms with Crippen molar-refractivity contribution in [3.05, 3.63) is 83.4 Å². The number of benzene rings is 2. The van der Waals surface area contributed by atoms with Gasteiger partial charge >= 0.3 is 0 Å². The van der Waals surface area contributed by atoms with Crippen LogP contribution in [-0.2, 0) is 12.8 Å². The van der Waals surface area contributed by atoms with E-state index < -0.39 is 0 Å². The highest BCUT2D eigenvalue weighted by molar-refractivity contribution is 7.99. The zero-order valence-corrected chi connectivity index (χ0v) is 18.0. The minimum Gasteiger partial charge on any atom is -0.223 e. The average molecular weight is 453 g/mol. The summed E-state index contributed by atoms with van der Waals surface area (Å²) in [5.41, 5.74) is 4.40. The molecule has 0 aliphatic heterocycles. The van der Waals surface area contributed by atoms with Gasteiger partial charge in [-0.25, -0.2) is 19.9 Å². The van der Waals surface area contributed by atoms with Crippen molar-refractivity contribution in [2.24, 2.45) is 0 Å². The van der Waals surface area contributed by atoms with Crippen LogP contribution in [0.3, 0.4) is 0 Å². The molecule has 0 bridgehead atoms. The van der Waals surface area contributed by atoms with Crippen molar-refractivity contribution >= 4 is 34.1 Å². The Morgan fingerprint density at radius 2 is 1.00 bits per heavy atom. The second-order valence-corrected chi connectivity index (χ2v) is 8.29. The summed E-state index contributed by atoms with van der Waals surface area (Å²) in [6, 6.07) is 20.1. The Bertz CT molecular complexity index is 1430. The zero-order chi connectivity index (χ0) is 22.0. The Kier molecular flexibility index (Phi) is 4.92. The van der Waals surface area contributed by atoms with Crippen LogP contribution >= 0.6 is 11.8 Å². The Morgan fingerprint density at radius 3 is 1.45 bits per heavy atom. The molecular weight excluding hydrogens is 436 g/mol. The molecular formula is C22H16N10S. The van der Waals surface area contributed by atoms with Crippen LogP contribution in [0.25, 0.3) is 22.3 Å². The van der Waals surface area contributed by atoms with E-state index in [1.165, 1.54) is 11.8 Å². The minimum atomic E-state index is 0.508. The third kappa shape index (κ3) is 4.01. The van der Waals surface area contributed by atoms with Crippen molar-refractivity contribution in [3.63, 3.8) is 0 Å². The van der Waals surface area contributed by atoms with Gasteiger partial charge in [0, 0.05) is 12.8 Å². The van der Waals surface area contributed by atoms with Crippen LogP contribution in [0.5, 0.6) is 0 Å². The molecule has 0 unspecified atom stereocenters. The fraction of sp³-hybridized carbons (Fsp3) is 0.0909. The number of rotatable bonds is 6. The van der Waals surface area contributed by atoms with Crippen molar-refractivity contribution in [2.75, 3.05) is 0 Å². The normalized spacial score (nSPS) is 11.4. The van der Waals surface area contributed by atoms with E-state index in [0.717, 1.165) is 11.1 Å².